The van der Waals surface area contributed by atoms with Gasteiger partial charge in [0.2, 0.25) is 5.91 Å². The van der Waals surface area contributed by atoms with Crippen LogP contribution in [-0.4, -0.2) is 85.0 Å². The van der Waals surface area contributed by atoms with Gasteiger partial charge in [0.15, 0.2) is 35.6 Å². The summed E-state index contributed by atoms with van der Waals surface area (Å²) in [5, 5.41) is 25.3. The molecule has 0 saturated carbocycles. The quantitative estimate of drug-likeness (QED) is 0.0676. The number of anilines is 1. The molecule has 7 rings (SSSR count). The Balaban J connectivity index is 1.05. The van der Waals surface area contributed by atoms with E-state index in [1.807, 2.05) is 35.3 Å². The number of carbonyl (C=O) groups is 3. The van der Waals surface area contributed by atoms with Crippen molar-refractivity contribution in [3.8, 4) is 0 Å². The molecule has 4 aromatic rings. The molecule has 0 bridgehead atoms. The first-order valence-corrected chi connectivity index (χ1v) is 18.6. The number of thiophene rings is 1. The molecule has 0 spiro atoms. The van der Waals surface area contributed by atoms with Gasteiger partial charge in [-0.3, -0.25) is 19.9 Å². The predicted molar refractivity (Wildman–Crippen MR) is 189 cm³/mol. The van der Waals surface area contributed by atoms with Gasteiger partial charge >= 0.3 is 5.97 Å². The normalized spacial score (nSPS) is 19.4. The monoisotopic (exact) mass is 739 g/mol. The number of aromatic nitrogens is 3. The number of nitrogen functional groups attached to an aromatic ring is 1. The van der Waals surface area contributed by atoms with Gasteiger partial charge in [-0.25, -0.2) is 14.3 Å². The minimum Gasteiger partial charge on any atom is -0.477 e. The average molecular weight is 740 g/mol. The molecule has 17 heteroatoms. The number of oxime groups is 1. The van der Waals surface area contributed by atoms with E-state index >= 15 is 0 Å². The number of thioether (sulfide) groups is 1. The molecule has 3 aliphatic heterocycles. The number of carbonyl (C=O) groups excluding carboxylic acids is 2. The summed E-state index contributed by atoms with van der Waals surface area (Å²) < 4.78 is 4.27. The summed E-state index contributed by atoms with van der Waals surface area (Å²) in [4.78, 5) is 52.7. The number of β-lactam (4-membered cyclic amide) rings is 1. The standard InChI is InChI=1S/C32H31ClN8O5S3/c1-46-37-24(25-27(33)49-32(35)36-25)23(42)11-21-29(43)41-26(31(44)45)19(16-48-30(21)41)13-38-8-5-22-17(12-38)4-9-40(22)14-20-10-18(15-47-20)28(34)39-6-2-3-7-39/h4-5,8-10,12,15,21,30,34H,2-3,6-7,11,13-14,16H2,1H3,(H2-,35,36,44,45)/p+1/b34-28?,37-24+/t21-,30-/m1/s1. The van der Waals surface area contributed by atoms with Crippen LogP contribution in [0, 0.1) is 11.3 Å². The molecule has 49 heavy (non-hydrogen) atoms. The van der Waals surface area contributed by atoms with Crippen LogP contribution in [0.4, 0.5) is 5.13 Å². The Morgan fingerprint density at radius 3 is 2.80 bits per heavy atom. The zero-order valence-electron chi connectivity index (χ0n) is 26.3. The molecule has 1 amide bonds. The third-order valence-corrected chi connectivity index (χ3v) is 12.3. The molecule has 2 saturated heterocycles. The molecular formula is C32H32ClN8O5S3+. The fourth-order valence-electron chi connectivity index (χ4n) is 6.54. The maximum Gasteiger partial charge on any atom is 0.352 e. The summed E-state index contributed by atoms with van der Waals surface area (Å²) >= 11 is 10.3. The predicted octanol–water partition coefficient (Wildman–Crippen LogP) is 4.03. The van der Waals surface area contributed by atoms with E-state index in [4.69, 9.17) is 27.6 Å². The molecule has 0 radical (unpaired) electrons. The van der Waals surface area contributed by atoms with Crippen molar-refractivity contribution in [2.45, 2.75) is 37.7 Å². The number of likely N-dealkylation sites (tertiary alicyclic amines) is 1. The van der Waals surface area contributed by atoms with Gasteiger partial charge in [0.25, 0.3) is 0 Å². The van der Waals surface area contributed by atoms with Crippen LogP contribution in [0.2, 0.25) is 4.34 Å². The Morgan fingerprint density at radius 2 is 2.08 bits per heavy atom. The summed E-state index contributed by atoms with van der Waals surface area (Å²) in [6.45, 7) is 2.86. The number of hydrogen-bond donors (Lipinski definition) is 3. The molecule has 4 aromatic heterocycles. The number of amidine groups is 1. The largest absolute Gasteiger partial charge is 0.477 e. The SMILES string of the molecule is CO/N=C(\C(=O)C[C@@H]1C(=O)N2C(C(=O)O)=C(C[n+]3ccc4c(ccn4Cc4cc(C(=N)N5CCCC5)cs4)c3)CS[C@H]12)c1nc(N)sc1Cl. The van der Waals surface area contributed by atoms with Crippen molar-refractivity contribution in [3.05, 3.63) is 73.9 Å². The first-order valence-electron chi connectivity index (χ1n) is 15.5. The lowest BCUT2D eigenvalue weighted by molar-refractivity contribution is -0.687. The highest BCUT2D eigenvalue weighted by Crippen LogP contribution is 2.45. The number of halogens is 1. The molecule has 0 aliphatic carbocycles. The number of ketones is 1. The van der Waals surface area contributed by atoms with Crippen LogP contribution in [0.3, 0.4) is 0 Å². The number of amides is 1. The Hall–Kier alpha value is -4.25. The van der Waals surface area contributed by atoms with Crippen LogP contribution in [-0.2, 0) is 32.3 Å². The van der Waals surface area contributed by atoms with E-state index in [9.17, 15) is 19.5 Å². The third-order valence-electron chi connectivity index (χ3n) is 8.86. The van der Waals surface area contributed by atoms with Gasteiger partial charge in [-0.1, -0.05) is 28.1 Å². The van der Waals surface area contributed by atoms with Crippen molar-refractivity contribution in [1.82, 2.24) is 19.4 Å². The Labute approximate surface area is 298 Å². The fraction of sp³-hybridized carbons (Fsp3) is 0.344. The number of hydrogen-bond acceptors (Lipinski definition) is 11. The molecule has 7 heterocycles. The molecule has 254 valence electrons. The minimum absolute atomic E-state index is 0.0447. The third kappa shape index (κ3) is 6.33. The van der Waals surface area contributed by atoms with E-state index in [0.717, 1.165) is 58.6 Å². The molecule has 13 nitrogen and oxygen atoms in total. The summed E-state index contributed by atoms with van der Waals surface area (Å²) in [5.41, 5.74) is 8.24. The van der Waals surface area contributed by atoms with Crippen molar-refractivity contribution in [3.63, 3.8) is 0 Å². The topological polar surface area (TPSA) is 171 Å². The number of carboxylic acid groups (broad SMARTS) is 1. The van der Waals surface area contributed by atoms with E-state index in [2.05, 4.69) is 31.1 Å². The smallest absolute Gasteiger partial charge is 0.352 e. The number of nitrogens with one attached hydrogen (secondary N) is 1. The first kappa shape index (κ1) is 33.3. The van der Waals surface area contributed by atoms with Gasteiger partial charge < -0.3 is 25.1 Å². The van der Waals surface area contributed by atoms with Crippen molar-refractivity contribution >= 4 is 91.3 Å². The maximum atomic E-state index is 13.4. The van der Waals surface area contributed by atoms with Crippen molar-refractivity contribution in [2.75, 3.05) is 31.7 Å². The highest BCUT2D eigenvalue weighted by Gasteiger charge is 2.54. The first-order chi connectivity index (χ1) is 23.6. The number of nitrogens with two attached hydrogens (primary N) is 1. The van der Waals surface area contributed by atoms with Crippen LogP contribution in [0.1, 0.15) is 35.4 Å². The van der Waals surface area contributed by atoms with Crippen LogP contribution in [0.25, 0.3) is 10.9 Å². The van der Waals surface area contributed by atoms with E-state index in [1.54, 1.807) is 11.3 Å². The number of thiazole rings is 1. The average Bonchev–Trinajstić information content (AvgIpc) is 3.90. The van der Waals surface area contributed by atoms with Crippen molar-refractivity contribution in [1.29, 1.82) is 5.41 Å². The summed E-state index contributed by atoms with van der Waals surface area (Å²) in [6, 6.07) is 6.14. The lowest BCUT2D eigenvalue weighted by Gasteiger charge is -2.49. The second-order valence-corrected chi connectivity index (χ2v) is 15.7. The number of nitrogens with zero attached hydrogens (tertiary/aromatic N) is 6. The minimum atomic E-state index is -1.19. The molecule has 0 unspecified atom stereocenters. The summed E-state index contributed by atoms with van der Waals surface area (Å²) in [7, 11) is 1.28. The lowest BCUT2D eigenvalue weighted by Crippen LogP contribution is -2.62. The van der Waals surface area contributed by atoms with Crippen LogP contribution in [0.5, 0.6) is 0 Å². The Morgan fingerprint density at radius 1 is 1.29 bits per heavy atom. The lowest BCUT2D eigenvalue weighted by atomic mass is 9.89. The Bertz CT molecular complexity index is 2060. The van der Waals surface area contributed by atoms with E-state index in [1.165, 1.54) is 23.8 Å². The van der Waals surface area contributed by atoms with Gasteiger partial charge in [0.1, 0.15) is 28.7 Å². The number of Topliss-reactive ketones (excluding diaryl/α,β-unsaturated/α-hetero) is 1. The van der Waals surface area contributed by atoms with Gasteiger partial charge in [-0.15, -0.1) is 23.1 Å². The van der Waals surface area contributed by atoms with Gasteiger partial charge in [0, 0.05) is 58.9 Å². The second kappa shape index (κ2) is 13.6. The number of rotatable bonds is 11. The van der Waals surface area contributed by atoms with Gasteiger partial charge in [0.05, 0.1) is 28.7 Å². The van der Waals surface area contributed by atoms with Crippen LogP contribution < -0.4 is 10.3 Å². The van der Waals surface area contributed by atoms with Crippen LogP contribution >= 0.6 is 46.0 Å². The Kier molecular flexibility index (Phi) is 9.21. The van der Waals surface area contributed by atoms with E-state index < -0.39 is 29.0 Å². The molecular weight excluding hydrogens is 708 g/mol. The summed E-state index contributed by atoms with van der Waals surface area (Å²) in [6.07, 6.45) is 7.99. The number of pyridine rings is 1. The number of fused-ring (bicyclic) bond motifs is 2. The highest BCUT2D eigenvalue weighted by atomic mass is 35.5. The molecule has 2 fully saturated rings. The van der Waals surface area contributed by atoms with Crippen molar-refractivity contribution in [2.24, 2.45) is 11.1 Å². The summed E-state index contributed by atoms with van der Waals surface area (Å²) in [5.74, 6) is -1.89. The second-order valence-electron chi connectivity index (χ2n) is 11.9. The molecule has 3 aliphatic rings. The fourth-order valence-corrected chi connectivity index (χ4v) is 9.74. The van der Waals surface area contributed by atoms with Gasteiger partial charge in [-0.2, -0.15) is 0 Å². The molecule has 2 atom stereocenters. The molecule has 0 aromatic carbocycles. The van der Waals surface area contributed by atoms with Crippen molar-refractivity contribution < 1.29 is 28.9 Å². The molecule has 4 N–H and O–H groups in total. The van der Waals surface area contributed by atoms with Gasteiger partial charge in [-0.05, 0) is 25.0 Å². The van der Waals surface area contributed by atoms with Crippen LogP contribution in [0.15, 0.2) is 58.6 Å². The zero-order chi connectivity index (χ0) is 34.4. The maximum absolute atomic E-state index is 13.4. The van der Waals surface area contributed by atoms with E-state index in [0.29, 0.717) is 23.7 Å². The zero-order valence-corrected chi connectivity index (χ0v) is 29.5. The number of carboxylic acids is 1. The highest BCUT2D eigenvalue weighted by molar-refractivity contribution is 8.00. The van der Waals surface area contributed by atoms with E-state index in [-0.39, 0.29) is 39.5 Å². The number of aliphatic carboxylic acids is 1.